The molecular weight excluding hydrogens is 283 g/mol. The number of aromatic nitrogens is 2. The zero-order chi connectivity index (χ0) is 14.0. The highest BCUT2D eigenvalue weighted by Gasteiger charge is 2.16. The SMILES string of the molecule is CCc1cc(C(=O)c2ccc(Cl)c(Cl)c2)n(CC)n1. The molecule has 0 radical (unpaired) electrons. The highest BCUT2D eigenvalue weighted by atomic mass is 35.5. The number of rotatable bonds is 4. The van der Waals surface area contributed by atoms with Gasteiger partial charge in [-0.3, -0.25) is 9.48 Å². The Morgan fingerprint density at radius 2 is 1.95 bits per heavy atom. The molecular formula is C14H14Cl2N2O. The van der Waals surface area contributed by atoms with E-state index >= 15 is 0 Å². The van der Waals surface area contributed by atoms with Crippen LogP contribution in [-0.2, 0) is 13.0 Å². The molecule has 0 N–H and O–H groups in total. The van der Waals surface area contributed by atoms with Crippen LogP contribution in [0.5, 0.6) is 0 Å². The van der Waals surface area contributed by atoms with Crippen molar-refractivity contribution >= 4 is 29.0 Å². The molecule has 0 aliphatic heterocycles. The Morgan fingerprint density at radius 3 is 2.53 bits per heavy atom. The predicted octanol–water partition coefficient (Wildman–Crippen LogP) is 4.00. The number of benzene rings is 1. The van der Waals surface area contributed by atoms with E-state index in [9.17, 15) is 4.79 Å². The van der Waals surface area contributed by atoms with Gasteiger partial charge in [-0.25, -0.2) is 0 Å². The number of ketones is 1. The molecule has 0 aliphatic rings. The van der Waals surface area contributed by atoms with Crippen LogP contribution in [0.15, 0.2) is 24.3 Å². The van der Waals surface area contributed by atoms with E-state index in [1.54, 1.807) is 22.9 Å². The molecule has 2 aromatic rings. The van der Waals surface area contributed by atoms with E-state index in [0.29, 0.717) is 27.8 Å². The van der Waals surface area contributed by atoms with Crippen LogP contribution in [-0.4, -0.2) is 15.6 Å². The lowest BCUT2D eigenvalue weighted by Gasteiger charge is -2.04. The van der Waals surface area contributed by atoms with E-state index < -0.39 is 0 Å². The molecule has 0 aliphatic carbocycles. The molecule has 19 heavy (non-hydrogen) atoms. The number of hydrogen-bond acceptors (Lipinski definition) is 2. The summed E-state index contributed by atoms with van der Waals surface area (Å²) in [6, 6.07) is 6.72. The van der Waals surface area contributed by atoms with Gasteiger partial charge in [0.05, 0.1) is 15.7 Å². The van der Waals surface area contributed by atoms with Gasteiger partial charge in [0.25, 0.3) is 0 Å². The van der Waals surface area contributed by atoms with E-state index in [4.69, 9.17) is 23.2 Å². The zero-order valence-electron chi connectivity index (χ0n) is 10.8. The van der Waals surface area contributed by atoms with Gasteiger partial charge < -0.3 is 0 Å². The third kappa shape index (κ3) is 2.82. The molecule has 0 unspecified atom stereocenters. The second kappa shape index (κ2) is 5.76. The molecule has 0 bridgehead atoms. The summed E-state index contributed by atoms with van der Waals surface area (Å²) in [5.74, 6) is -0.0902. The Balaban J connectivity index is 2.43. The maximum Gasteiger partial charge on any atom is 0.211 e. The van der Waals surface area contributed by atoms with E-state index in [1.807, 2.05) is 19.9 Å². The molecule has 2 rings (SSSR count). The first-order valence-corrected chi connectivity index (χ1v) is 6.88. The molecule has 100 valence electrons. The lowest BCUT2D eigenvalue weighted by atomic mass is 10.1. The fourth-order valence-electron chi connectivity index (χ4n) is 1.85. The molecule has 0 saturated heterocycles. The van der Waals surface area contributed by atoms with Crippen molar-refractivity contribution in [2.45, 2.75) is 26.8 Å². The summed E-state index contributed by atoms with van der Waals surface area (Å²) in [6.45, 7) is 4.62. The summed E-state index contributed by atoms with van der Waals surface area (Å²) >= 11 is 11.8. The van der Waals surface area contributed by atoms with Crippen LogP contribution >= 0.6 is 23.2 Å². The van der Waals surface area contributed by atoms with Gasteiger partial charge in [-0.05, 0) is 37.6 Å². The molecule has 1 heterocycles. The fraction of sp³-hybridized carbons (Fsp3) is 0.286. The molecule has 0 amide bonds. The first kappa shape index (κ1) is 14.1. The number of carbonyl (C=O) groups is 1. The van der Waals surface area contributed by atoms with Crippen LogP contribution in [0, 0.1) is 0 Å². The Kier molecular flexibility index (Phi) is 4.27. The molecule has 0 fully saturated rings. The largest absolute Gasteiger partial charge is 0.287 e. The Labute approximate surface area is 122 Å². The number of aryl methyl sites for hydroxylation is 2. The van der Waals surface area contributed by atoms with Gasteiger partial charge >= 0.3 is 0 Å². The fourth-order valence-corrected chi connectivity index (χ4v) is 2.15. The van der Waals surface area contributed by atoms with Crippen LogP contribution in [0.25, 0.3) is 0 Å². The minimum atomic E-state index is -0.0902. The second-order valence-corrected chi connectivity index (χ2v) is 4.96. The van der Waals surface area contributed by atoms with Crippen molar-refractivity contribution in [2.75, 3.05) is 0 Å². The average molecular weight is 297 g/mol. The normalized spacial score (nSPS) is 10.7. The van der Waals surface area contributed by atoms with Gasteiger partial charge in [0.2, 0.25) is 5.78 Å². The second-order valence-electron chi connectivity index (χ2n) is 4.15. The Hall–Kier alpha value is -1.32. The topological polar surface area (TPSA) is 34.9 Å². The third-order valence-corrected chi connectivity index (χ3v) is 3.65. The quantitative estimate of drug-likeness (QED) is 0.799. The van der Waals surface area contributed by atoms with Crippen molar-refractivity contribution in [3.05, 3.63) is 51.3 Å². The summed E-state index contributed by atoms with van der Waals surface area (Å²) in [6.07, 6.45) is 0.800. The van der Waals surface area contributed by atoms with Crippen molar-refractivity contribution < 1.29 is 4.79 Å². The summed E-state index contributed by atoms with van der Waals surface area (Å²) in [7, 11) is 0. The van der Waals surface area contributed by atoms with Crippen molar-refractivity contribution in [1.29, 1.82) is 0 Å². The van der Waals surface area contributed by atoms with Gasteiger partial charge in [0.15, 0.2) is 0 Å². The van der Waals surface area contributed by atoms with Crippen LogP contribution in [0.3, 0.4) is 0 Å². The van der Waals surface area contributed by atoms with Crippen molar-refractivity contribution in [2.24, 2.45) is 0 Å². The van der Waals surface area contributed by atoms with Gasteiger partial charge in [-0.2, -0.15) is 5.10 Å². The van der Waals surface area contributed by atoms with E-state index in [2.05, 4.69) is 5.10 Å². The van der Waals surface area contributed by atoms with Crippen LogP contribution in [0.2, 0.25) is 10.0 Å². The molecule has 3 nitrogen and oxygen atoms in total. The van der Waals surface area contributed by atoms with Crippen molar-refractivity contribution in [1.82, 2.24) is 9.78 Å². The van der Waals surface area contributed by atoms with Crippen molar-refractivity contribution in [3.8, 4) is 0 Å². The number of hydrogen-bond donors (Lipinski definition) is 0. The highest BCUT2D eigenvalue weighted by molar-refractivity contribution is 6.42. The lowest BCUT2D eigenvalue weighted by Crippen LogP contribution is -2.10. The Morgan fingerprint density at radius 1 is 1.21 bits per heavy atom. The maximum atomic E-state index is 12.5. The van der Waals surface area contributed by atoms with Crippen LogP contribution < -0.4 is 0 Å². The molecule has 5 heteroatoms. The monoisotopic (exact) mass is 296 g/mol. The lowest BCUT2D eigenvalue weighted by molar-refractivity contribution is 0.102. The van der Waals surface area contributed by atoms with Crippen LogP contribution in [0.4, 0.5) is 0 Å². The summed E-state index contributed by atoms with van der Waals surface area (Å²) in [5.41, 5.74) is 2.01. The minimum absolute atomic E-state index is 0.0902. The predicted molar refractivity (Wildman–Crippen MR) is 77.2 cm³/mol. The van der Waals surface area contributed by atoms with E-state index in [-0.39, 0.29) is 5.78 Å². The molecule has 0 spiro atoms. The minimum Gasteiger partial charge on any atom is -0.287 e. The molecule has 1 aromatic heterocycles. The summed E-state index contributed by atoms with van der Waals surface area (Å²) in [4.78, 5) is 12.5. The molecule has 0 saturated carbocycles. The van der Waals surface area contributed by atoms with Gasteiger partial charge in [0, 0.05) is 12.1 Å². The first-order valence-electron chi connectivity index (χ1n) is 6.13. The Bertz CT molecular complexity index is 620. The number of nitrogens with zero attached hydrogens (tertiary/aromatic N) is 2. The van der Waals surface area contributed by atoms with E-state index in [0.717, 1.165) is 12.1 Å². The number of halogens is 2. The van der Waals surface area contributed by atoms with Gasteiger partial charge in [-0.1, -0.05) is 30.1 Å². The number of carbonyl (C=O) groups excluding carboxylic acids is 1. The molecule has 0 atom stereocenters. The van der Waals surface area contributed by atoms with Crippen LogP contribution in [0.1, 0.15) is 35.6 Å². The standard InChI is InChI=1S/C14H14Cl2N2O/c1-3-10-8-13(18(4-2)17-10)14(19)9-5-6-11(15)12(16)7-9/h5-8H,3-4H2,1-2H3. The summed E-state index contributed by atoms with van der Waals surface area (Å²) < 4.78 is 1.71. The first-order chi connectivity index (χ1) is 9.06. The third-order valence-electron chi connectivity index (χ3n) is 2.91. The van der Waals surface area contributed by atoms with Gasteiger partial charge in [-0.15, -0.1) is 0 Å². The average Bonchev–Trinajstić information content (AvgIpc) is 2.84. The van der Waals surface area contributed by atoms with Crippen molar-refractivity contribution in [3.63, 3.8) is 0 Å². The van der Waals surface area contributed by atoms with E-state index in [1.165, 1.54) is 0 Å². The summed E-state index contributed by atoms with van der Waals surface area (Å²) in [5, 5.41) is 5.19. The highest BCUT2D eigenvalue weighted by Crippen LogP contribution is 2.24. The smallest absolute Gasteiger partial charge is 0.211 e. The molecule has 1 aromatic carbocycles. The zero-order valence-corrected chi connectivity index (χ0v) is 12.3. The van der Waals surface area contributed by atoms with Gasteiger partial charge in [0.1, 0.15) is 5.69 Å². The maximum absolute atomic E-state index is 12.5.